The third-order valence-electron chi connectivity index (χ3n) is 7.39. The Morgan fingerprint density at radius 1 is 0.957 bits per heavy atom. The highest BCUT2D eigenvalue weighted by Crippen LogP contribution is 2.30. The summed E-state index contributed by atoms with van der Waals surface area (Å²) >= 11 is 3.41. The van der Waals surface area contributed by atoms with Crippen molar-refractivity contribution in [1.29, 1.82) is 0 Å². The van der Waals surface area contributed by atoms with Gasteiger partial charge in [0, 0.05) is 36.1 Å². The maximum absolute atomic E-state index is 14.4. The van der Waals surface area contributed by atoms with E-state index in [-0.39, 0.29) is 34.8 Å². The number of sulfonamides is 1. The van der Waals surface area contributed by atoms with Gasteiger partial charge in [0.1, 0.15) is 18.3 Å². The van der Waals surface area contributed by atoms with E-state index in [2.05, 4.69) is 21.2 Å². The van der Waals surface area contributed by atoms with Gasteiger partial charge < -0.3 is 15.0 Å². The Morgan fingerprint density at radius 2 is 1.61 bits per heavy atom. The van der Waals surface area contributed by atoms with E-state index in [1.807, 2.05) is 42.5 Å². The van der Waals surface area contributed by atoms with E-state index in [0.717, 1.165) is 20.4 Å². The van der Waals surface area contributed by atoms with E-state index in [4.69, 9.17) is 4.74 Å². The number of nitro benzene ring substituents is 1. The van der Waals surface area contributed by atoms with Gasteiger partial charge >= 0.3 is 0 Å². The first-order valence-electron chi connectivity index (χ1n) is 14.2. The Labute approximate surface area is 276 Å². The number of nitro groups is 1. The molecule has 4 rings (SSSR count). The van der Waals surface area contributed by atoms with Gasteiger partial charge in [-0.15, -0.1) is 0 Å². The molecule has 13 heteroatoms. The number of benzene rings is 4. The lowest BCUT2D eigenvalue weighted by atomic mass is 10.0. The van der Waals surface area contributed by atoms with E-state index in [9.17, 15) is 28.1 Å². The van der Waals surface area contributed by atoms with Crippen LogP contribution in [0.15, 0.2) is 106 Å². The molecule has 0 aliphatic heterocycles. The summed E-state index contributed by atoms with van der Waals surface area (Å²) in [6.07, 6.45) is 0.169. The van der Waals surface area contributed by atoms with Gasteiger partial charge in [-0.05, 0) is 60.5 Å². The summed E-state index contributed by atoms with van der Waals surface area (Å²) in [6.45, 7) is 0.809. The molecule has 0 unspecified atom stereocenters. The third-order valence-corrected chi connectivity index (χ3v) is 9.69. The number of aryl methyl sites for hydroxylation is 1. The van der Waals surface area contributed by atoms with Crippen LogP contribution in [-0.4, -0.2) is 56.8 Å². The van der Waals surface area contributed by atoms with Crippen LogP contribution < -0.4 is 14.4 Å². The van der Waals surface area contributed by atoms with Crippen LogP contribution in [0.1, 0.15) is 16.7 Å². The highest BCUT2D eigenvalue weighted by atomic mass is 79.9. The predicted octanol–water partition coefficient (Wildman–Crippen LogP) is 5.26. The van der Waals surface area contributed by atoms with Gasteiger partial charge in [-0.1, -0.05) is 64.5 Å². The largest absolute Gasteiger partial charge is 0.497 e. The van der Waals surface area contributed by atoms with E-state index >= 15 is 0 Å². The van der Waals surface area contributed by atoms with Crippen molar-refractivity contribution >= 4 is 49.1 Å². The van der Waals surface area contributed by atoms with Crippen molar-refractivity contribution < 1.29 is 27.7 Å². The van der Waals surface area contributed by atoms with Gasteiger partial charge in [-0.25, -0.2) is 8.42 Å². The Bertz CT molecular complexity index is 1800. The van der Waals surface area contributed by atoms with Crippen LogP contribution in [0.4, 0.5) is 11.4 Å². The Morgan fingerprint density at radius 3 is 2.20 bits per heavy atom. The predicted molar refractivity (Wildman–Crippen MR) is 178 cm³/mol. The fraction of sp³-hybridized carbons (Fsp3) is 0.212. The molecule has 1 atom stereocenters. The molecule has 240 valence electrons. The fourth-order valence-corrected chi connectivity index (χ4v) is 6.56. The number of nitrogens with one attached hydrogen (secondary N) is 1. The van der Waals surface area contributed by atoms with Crippen molar-refractivity contribution in [1.82, 2.24) is 10.2 Å². The molecular formula is C33H33BrN4O7S. The van der Waals surface area contributed by atoms with E-state index in [1.165, 1.54) is 50.2 Å². The SMILES string of the molecule is CNC(=O)[C@@H](Cc1ccccc1)N(Cc1ccc(Br)cc1)C(=O)CN(c1ccc(OC)cc1)S(=O)(=O)c1ccc(C)c([N+](=O)[O-])c1. The lowest BCUT2D eigenvalue weighted by Crippen LogP contribution is -2.53. The number of rotatable bonds is 13. The molecule has 0 saturated heterocycles. The maximum atomic E-state index is 14.4. The second-order valence-corrected chi connectivity index (χ2v) is 13.2. The first-order chi connectivity index (χ1) is 21.9. The number of amides is 2. The molecule has 2 amide bonds. The summed E-state index contributed by atoms with van der Waals surface area (Å²) in [4.78, 5) is 39.8. The van der Waals surface area contributed by atoms with Gasteiger partial charge in [0.25, 0.3) is 15.7 Å². The summed E-state index contributed by atoms with van der Waals surface area (Å²) in [5.74, 6) is -0.631. The topological polar surface area (TPSA) is 139 Å². The molecule has 0 bridgehead atoms. The molecule has 0 aliphatic rings. The average Bonchev–Trinajstić information content (AvgIpc) is 3.06. The molecule has 4 aromatic carbocycles. The minimum absolute atomic E-state index is 0.00351. The summed E-state index contributed by atoms with van der Waals surface area (Å²) in [5, 5.41) is 14.3. The average molecular weight is 710 g/mol. The van der Waals surface area contributed by atoms with Crippen molar-refractivity contribution in [2.24, 2.45) is 0 Å². The Balaban J connectivity index is 1.82. The lowest BCUT2D eigenvalue weighted by Gasteiger charge is -2.33. The van der Waals surface area contributed by atoms with Crippen molar-refractivity contribution in [3.05, 3.63) is 128 Å². The maximum Gasteiger partial charge on any atom is 0.273 e. The summed E-state index contributed by atoms with van der Waals surface area (Å²) in [6, 6.07) is 25.1. The normalized spacial score (nSPS) is 11.7. The van der Waals surface area contributed by atoms with Gasteiger partial charge in [-0.2, -0.15) is 0 Å². The smallest absolute Gasteiger partial charge is 0.273 e. The van der Waals surface area contributed by atoms with Crippen LogP contribution in [0.25, 0.3) is 0 Å². The second-order valence-electron chi connectivity index (χ2n) is 10.4. The molecule has 46 heavy (non-hydrogen) atoms. The molecule has 1 N–H and O–H groups in total. The molecule has 0 spiro atoms. The van der Waals surface area contributed by atoms with Gasteiger partial charge in [-0.3, -0.25) is 24.0 Å². The van der Waals surface area contributed by atoms with E-state index in [0.29, 0.717) is 11.3 Å². The molecule has 0 radical (unpaired) electrons. The first kappa shape index (κ1) is 34.1. The Kier molecular flexibility index (Phi) is 11.1. The molecule has 0 aromatic heterocycles. The Hall–Kier alpha value is -4.75. The quantitative estimate of drug-likeness (QED) is 0.148. The fourth-order valence-electron chi connectivity index (χ4n) is 4.86. The number of halogens is 1. The standard InChI is InChI=1S/C33H33BrN4O7S/c1-23-9-18-29(20-30(23)38(41)42)46(43,44)37(27-14-16-28(45-3)17-15-27)22-32(39)36(21-25-10-12-26(34)13-11-25)31(33(40)35-2)19-24-7-5-4-6-8-24/h4-18,20,31H,19,21-22H2,1-3H3,(H,35,40)/t31-/m1/s1. The van der Waals surface area contributed by atoms with Crippen molar-refractivity contribution in [2.75, 3.05) is 25.0 Å². The second kappa shape index (κ2) is 15.0. The zero-order valence-corrected chi connectivity index (χ0v) is 27.8. The number of nitrogens with zero attached hydrogens (tertiary/aromatic N) is 3. The summed E-state index contributed by atoms with van der Waals surface area (Å²) < 4.78 is 35.3. The zero-order valence-electron chi connectivity index (χ0n) is 25.4. The highest BCUT2D eigenvalue weighted by molar-refractivity contribution is 9.10. The van der Waals surface area contributed by atoms with Crippen LogP contribution in [0.2, 0.25) is 0 Å². The van der Waals surface area contributed by atoms with E-state index in [1.54, 1.807) is 24.3 Å². The molecule has 0 saturated carbocycles. The number of carbonyl (C=O) groups excluding carboxylic acids is 2. The van der Waals surface area contributed by atoms with E-state index < -0.39 is 39.3 Å². The number of methoxy groups -OCH3 is 1. The van der Waals surface area contributed by atoms with Crippen LogP contribution in [0.5, 0.6) is 5.75 Å². The highest BCUT2D eigenvalue weighted by Gasteiger charge is 2.35. The molecule has 0 fully saturated rings. The first-order valence-corrected chi connectivity index (χ1v) is 16.4. The van der Waals surface area contributed by atoms with Crippen molar-refractivity contribution in [3.8, 4) is 5.75 Å². The van der Waals surface area contributed by atoms with Crippen LogP contribution in [-0.2, 0) is 32.6 Å². The number of ether oxygens (including phenoxy) is 1. The van der Waals surface area contributed by atoms with Crippen molar-refractivity contribution in [3.63, 3.8) is 0 Å². The van der Waals surface area contributed by atoms with Gasteiger partial charge in [0.2, 0.25) is 11.8 Å². The third kappa shape index (κ3) is 8.09. The van der Waals surface area contributed by atoms with Gasteiger partial charge in [0.15, 0.2) is 0 Å². The molecular weight excluding hydrogens is 676 g/mol. The zero-order chi connectivity index (χ0) is 33.4. The number of carbonyl (C=O) groups is 2. The van der Waals surface area contributed by atoms with Gasteiger partial charge in [0.05, 0.1) is 22.6 Å². The van der Waals surface area contributed by atoms with Crippen molar-refractivity contribution in [2.45, 2.75) is 30.8 Å². The van der Waals surface area contributed by atoms with Crippen LogP contribution in [0, 0.1) is 17.0 Å². The minimum atomic E-state index is -4.53. The number of likely N-dealkylation sites (N-methyl/N-ethyl adjacent to an activating group) is 1. The molecule has 0 aliphatic carbocycles. The summed E-state index contributed by atoms with van der Waals surface area (Å²) in [5.41, 5.74) is 1.55. The van der Waals surface area contributed by atoms with Crippen LogP contribution in [0.3, 0.4) is 0 Å². The number of hydrogen-bond acceptors (Lipinski definition) is 7. The molecule has 0 heterocycles. The number of anilines is 1. The van der Waals surface area contributed by atoms with Crippen LogP contribution >= 0.6 is 15.9 Å². The number of hydrogen-bond donors (Lipinski definition) is 1. The minimum Gasteiger partial charge on any atom is -0.497 e. The lowest BCUT2D eigenvalue weighted by molar-refractivity contribution is -0.385. The molecule has 4 aromatic rings. The summed E-state index contributed by atoms with van der Waals surface area (Å²) in [7, 11) is -1.59. The monoisotopic (exact) mass is 708 g/mol. The molecule has 11 nitrogen and oxygen atoms in total.